The van der Waals surface area contributed by atoms with Gasteiger partial charge in [-0.15, -0.1) is 0 Å². The van der Waals surface area contributed by atoms with Crippen molar-refractivity contribution in [2.24, 2.45) is 0 Å². The summed E-state index contributed by atoms with van der Waals surface area (Å²) in [5.41, 5.74) is 0.791. The first-order valence-electron chi connectivity index (χ1n) is 8.87. The first kappa shape index (κ1) is 18.4. The van der Waals surface area contributed by atoms with Crippen molar-refractivity contribution in [3.05, 3.63) is 71.3 Å². The lowest BCUT2D eigenvalue weighted by Crippen LogP contribution is -1.96. The molecule has 0 aliphatic carbocycles. The highest BCUT2D eigenvalue weighted by atomic mass is 19.2. The summed E-state index contributed by atoms with van der Waals surface area (Å²) >= 11 is 0. The largest absolute Gasteiger partial charge is 0.206 e. The lowest BCUT2D eigenvalue weighted by molar-refractivity contribution is 0.517. The Labute approximate surface area is 150 Å². The van der Waals surface area contributed by atoms with Gasteiger partial charge in [-0.1, -0.05) is 44.4 Å². The maximum absolute atomic E-state index is 14.5. The molecule has 0 saturated carbocycles. The Hall–Kier alpha value is -2.36. The number of aryl methyl sites for hydroxylation is 1. The molecule has 26 heavy (non-hydrogen) atoms. The van der Waals surface area contributed by atoms with Gasteiger partial charge in [0, 0.05) is 5.39 Å². The topological polar surface area (TPSA) is 0 Å². The third-order valence-corrected chi connectivity index (χ3v) is 4.62. The van der Waals surface area contributed by atoms with Gasteiger partial charge in [0.15, 0.2) is 11.6 Å². The van der Waals surface area contributed by atoms with Crippen LogP contribution in [0.25, 0.3) is 21.9 Å². The average Bonchev–Trinajstić information content (AvgIpc) is 2.61. The molecule has 0 aromatic heterocycles. The normalized spacial score (nSPS) is 11.3. The summed E-state index contributed by atoms with van der Waals surface area (Å²) in [4.78, 5) is 0. The van der Waals surface area contributed by atoms with E-state index in [9.17, 15) is 17.6 Å². The molecule has 0 spiro atoms. The van der Waals surface area contributed by atoms with Gasteiger partial charge < -0.3 is 0 Å². The number of rotatable bonds is 6. The molecule has 0 aliphatic rings. The van der Waals surface area contributed by atoms with E-state index in [4.69, 9.17) is 0 Å². The molecular formula is C22H20F4. The molecule has 3 rings (SSSR count). The number of hydrogen-bond donors (Lipinski definition) is 0. The molecule has 0 heterocycles. The van der Waals surface area contributed by atoms with Crippen LogP contribution in [0.2, 0.25) is 0 Å². The Kier molecular flexibility index (Phi) is 5.60. The molecule has 0 amide bonds. The molecule has 3 aromatic carbocycles. The van der Waals surface area contributed by atoms with Crippen LogP contribution in [0.3, 0.4) is 0 Å². The molecule has 0 radical (unpaired) electrons. The van der Waals surface area contributed by atoms with Crippen LogP contribution >= 0.6 is 0 Å². The highest BCUT2D eigenvalue weighted by Gasteiger charge is 2.15. The molecule has 0 atom stereocenters. The van der Waals surface area contributed by atoms with Crippen molar-refractivity contribution in [2.45, 2.75) is 39.0 Å². The maximum atomic E-state index is 14.5. The molecular weight excluding hydrogens is 340 g/mol. The van der Waals surface area contributed by atoms with Crippen molar-refractivity contribution < 1.29 is 17.6 Å². The number of benzene rings is 3. The smallest absolute Gasteiger partial charge is 0.166 e. The van der Waals surface area contributed by atoms with Gasteiger partial charge in [-0.05, 0) is 53.6 Å². The molecule has 0 N–H and O–H groups in total. The number of halogens is 4. The molecule has 4 heteroatoms. The first-order chi connectivity index (χ1) is 12.5. The summed E-state index contributed by atoms with van der Waals surface area (Å²) in [5.74, 6) is -3.19. The predicted molar refractivity (Wildman–Crippen MR) is 97.1 cm³/mol. The average molecular weight is 360 g/mol. The van der Waals surface area contributed by atoms with E-state index in [2.05, 4.69) is 6.92 Å². The minimum absolute atomic E-state index is 0.0853. The van der Waals surface area contributed by atoms with Crippen molar-refractivity contribution in [3.63, 3.8) is 0 Å². The Morgan fingerprint density at radius 2 is 1.46 bits per heavy atom. The second-order valence-corrected chi connectivity index (χ2v) is 6.54. The van der Waals surface area contributed by atoms with Crippen LogP contribution in [0, 0.1) is 23.3 Å². The molecule has 136 valence electrons. The maximum Gasteiger partial charge on any atom is 0.166 e. The SMILES string of the molecule is CCCCCCc1cc(F)c(-c2ccc3c(F)c(F)ccc3c2)c(F)c1. The zero-order chi connectivity index (χ0) is 18.7. The minimum atomic E-state index is -0.961. The van der Waals surface area contributed by atoms with Crippen molar-refractivity contribution >= 4 is 10.8 Å². The van der Waals surface area contributed by atoms with Crippen molar-refractivity contribution in [3.8, 4) is 11.1 Å². The van der Waals surface area contributed by atoms with E-state index < -0.39 is 23.3 Å². The Balaban J connectivity index is 1.94. The second-order valence-electron chi connectivity index (χ2n) is 6.54. The lowest BCUT2D eigenvalue weighted by Gasteiger charge is -2.10. The van der Waals surface area contributed by atoms with Crippen molar-refractivity contribution in [1.29, 1.82) is 0 Å². The van der Waals surface area contributed by atoms with Crippen LogP contribution in [-0.4, -0.2) is 0 Å². The van der Waals surface area contributed by atoms with E-state index in [1.165, 1.54) is 36.4 Å². The highest BCUT2D eigenvalue weighted by Crippen LogP contribution is 2.31. The third kappa shape index (κ3) is 3.74. The summed E-state index contributed by atoms with van der Waals surface area (Å²) in [5, 5.41) is 0.478. The van der Waals surface area contributed by atoms with Gasteiger partial charge in [0.1, 0.15) is 11.6 Å². The molecule has 0 bridgehead atoms. The van der Waals surface area contributed by atoms with Gasteiger partial charge in [0.25, 0.3) is 0 Å². The predicted octanol–water partition coefficient (Wildman–Crippen LogP) is 7.19. The summed E-state index contributed by atoms with van der Waals surface area (Å²) in [6.45, 7) is 2.11. The van der Waals surface area contributed by atoms with Crippen LogP contribution in [0.15, 0.2) is 42.5 Å². The zero-order valence-corrected chi connectivity index (χ0v) is 14.6. The van der Waals surface area contributed by atoms with E-state index in [1.54, 1.807) is 0 Å². The quantitative estimate of drug-likeness (QED) is 0.322. The Morgan fingerprint density at radius 3 is 2.15 bits per heavy atom. The van der Waals surface area contributed by atoms with Crippen molar-refractivity contribution in [2.75, 3.05) is 0 Å². The van der Waals surface area contributed by atoms with E-state index in [0.717, 1.165) is 31.7 Å². The molecule has 3 aromatic rings. The van der Waals surface area contributed by atoms with Gasteiger partial charge in [-0.3, -0.25) is 0 Å². The number of hydrogen-bond acceptors (Lipinski definition) is 0. The fourth-order valence-electron chi connectivity index (χ4n) is 3.22. The van der Waals surface area contributed by atoms with Crippen LogP contribution in [0.5, 0.6) is 0 Å². The van der Waals surface area contributed by atoms with Crippen LogP contribution in [-0.2, 0) is 6.42 Å². The van der Waals surface area contributed by atoms with Gasteiger partial charge in [0.2, 0.25) is 0 Å². The zero-order valence-electron chi connectivity index (χ0n) is 14.6. The monoisotopic (exact) mass is 360 g/mol. The third-order valence-electron chi connectivity index (χ3n) is 4.62. The summed E-state index contributed by atoms with van der Waals surface area (Å²) in [6.07, 6.45) is 4.78. The number of fused-ring (bicyclic) bond motifs is 1. The molecule has 0 unspecified atom stereocenters. The Morgan fingerprint density at radius 1 is 0.731 bits per heavy atom. The van der Waals surface area contributed by atoms with E-state index >= 15 is 0 Å². The fraction of sp³-hybridized carbons (Fsp3) is 0.273. The van der Waals surface area contributed by atoms with Gasteiger partial charge in [-0.2, -0.15) is 0 Å². The lowest BCUT2D eigenvalue weighted by atomic mass is 9.97. The van der Waals surface area contributed by atoms with E-state index in [0.29, 0.717) is 22.9 Å². The minimum Gasteiger partial charge on any atom is -0.206 e. The standard InChI is InChI=1S/C22H20F4/c1-2-3-4-5-6-14-11-19(24)21(20(25)12-14)16-7-9-17-15(13-16)8-10-18(23)22(17)26/h7-13H,2-6H2,1H3. The van der Waals surface area contributed by atoms with Crippen molar-refractivity contribution in [1.82, 2.24) is 0 Å². The fourth-order valence-corrected chi connectivity index (χ4v) is 3.22. The Bertz CT molecular complexity index is 908. The molecule has 0 saturated heterocycles. The van der Waals surface area contributed by atoms with Gasteiger partial charge in [0.05, 0.1) is 5.56 Å². The molecule has 0 aliphatic heterocycles. The van der Waals surface area contributed by atoms with Crippen LogP contribution in [0.1, 0.15) is 38.2 Å². The molecule has 0 fully saturated rings. The van der Waals surface area contributed by atoms with Gasteiger partial charge >= 0.3 is 0 Å². The van der Waals surface area contributed by atoms with E-state index in [1.807, 2.05) is 0 Å². The summed E-state index contributed by atoms with van der Waals surface area (Å²) < 4.78 is 56.2. The van der Waals surface area contributed by atoms with Gasteiger partial charge in [-0.25, -0.2) is 17.6 Å². The van der Waals surface area contributed by atoms with E-state index in [-0.39, 0.29) is 10.9 Å². The summed E-state index contributed by atoms with van der Waals surface area (Å²) in [6, 6.07) is 9.36. The summed E-state index contributed by atoms with van der Waals surface area (Å²) in [7, 11) is 0. The number of unbranched alkanes of at least 4 members (excludes halogenated alkanes) is 3. The second kappa shape index (κ2) is 7.90. The molecule has 0 nitrogen and oxygen atoms in total. The van der Waals surface area contributed by atoms with Crippen LogP contribution in [0.4, 0.5) is 17.6 Å². The van der Waals surface area contributed by atoms with Crippen LogP contribution < -0.4 is 0 Å². The highest BCUT2D eigenvalue weighted by molar-refractivity contribution is 5.88. The first-order valence-corrected chi connectivity index (χ1v) is 8.87.